The summed E-state index contributed by atoms with van der Waals surface area (Å²) in [7, 11) is 0. The lowest BCUT2D eigenvalue weighted by Gasteiger charge is -2.17. The van der Waals surface area contributed by atoms with Gasteiger partial charge in [0.25, 0.3) is 0 Å². The smallest absolute Gasteiger partial charge is 0.0149 e. The molecule has 0 radical (unpaired) electrons. The maximum Gasteiger partial charge on any atom is -0.0149 e. The lowest BCUT2D eigenvalue weighted by atomic mass is 9.88. The van der Waals surface area contributed by atoms with E-state index in [1.54, 1.807) is 16.7 Å². The fourth-order valence-corrected chi connectivity index (χ4v) is 2.94. The molecule has 0 aliphatic heterocycles. The van der Waals surface area contributed by atoms with Crippen LogP contribution in [0.1, 0.15) is 50.3 Å². The molecular weight excluding hydrogens is 216 g/mol. The second-order valence-electron chi connectivity index (χ2n) is 5.07. The van der Waals surface area contributed by atoms with Gasteiger partial charge in [0.05, 0.1) is 0 Å². The summed E-state index contributed by atoms with van der Waals surface area (Å²) in [4.78, 5) is 0. The third-order valence-electron chi connectivity index (χ3n) is 3.75. The Bertz CT molecular complexity index is 523. The molecule has 0 spiro atoms. The predicted octanol–water partition coefficient (Wildman–Crippen LogP) is 5.31. The number of fused-ring (bicyclic) bond motifs is 1. The molecule has 0 fully saturated rings. The molecular formula is C18H24. The van der Waals surface area contributed by atoms with Crippen molar-refractivity contribution in [1.82, 2.24) is 0 Å². The zero-order valence-electron chi connectivity index (χ0n) is 11.9. The molecule has 96 valence electrons. The van der Waals surface area contributed by atoms with Crippen LogP contribution in [0.4, 0.5) is 0 Å². The first-order valence-corrected chi connectivity index (χ1v) is 7.34. The summed E-state index contributed by atoms with van der Waals surface area (Å²) in [5.41, 5.74) is 4.79. The third-order valence-corrected chi connectivity index (χ3v) is 3.75. The highest BCUT2D eigenvalue weighted by molar-refractivity contribution is 5.88. The Hall–Kier alpha value is -1.30. The third kappa shape index (κ3) is 2.43. The summed E-state index contributed by atoms with van der Waals surface area (Å²) in [5.74, 6) is 0. The van der Waals surface area contributed by atoms with Gasteiger partial charge in [-0.05, 0) is 46.7 Å². The van der Waals surface area contributed by atoms with Crippen LogP contribution in [0.5, 0.6) is 0 Å². The molecule has 2 rings (SSSR count). The van der Waals surface area contributed by atoms with Crippen molar-refractivity contribution in [2.75, 3.05) is 0 Å². The van der Waals surface area contributed by atoms with Crippen LogP contribution in [-0.2, 0) is 19.3 Å². The van der Waals surface area contributed by atoms with Crippen LogP contribution < -0.4 is 0 Å². The molecule has 0 N–H and O–H groups in total. The first kappa shape index (κ1) is 13.1. The summed E-state index contributed by atoms with van der Waals surface area (Å²) in [6.45, 7) is 6.84. The molecule has 0 amide bonds. The van der Waals surface area contributed by atoms with Crippen molar-refractivity contribution in [1.29, 1.82) is 0 Å². The van der Waals surface area contributed by atoms with Crippen LogP contribution in [0, 0.1) is 0 Å². The van der Waals surface area contributed by atoms with E-state index in [0.717, 1.165) is 6.42 Å². The Balaban J connectivity index is 2.70. The highest BCUT2D eigenvalue weighted by Crippen LogP contribution is 2.28. The van der Waals surface area contributed by atoms with Gasteiger partial charge in [0, 0.05) is 0 Å². The summed E-state index contributed by atoms with van der Waals surface area (Å²) < 4.78 is 0. The molecule has 2 aromatic rings. The molecule has 2 aromatic carbocycles. The molecule has 0 saturated carbocycles. The Morgan fingerprint density at radius 2 is 1.50 bits per heavy atom. The lowest BCUT2D eigenvalue weighted by molar-refractivity contribution is 0.852. The topological polar surface area (TPSA) is 0 Å². The van der Waals surface area contributed by atoms with Crippen molar-refractivity contribution < 1.29 is 0 Å². The Morgan fingerprint density at radius 1 is 0.833 bits per heavy atom. The number of rotatable bonds is 5. The SMILES string of the molecule is CCCc1c(CC)cc2ccccc2c1CCC. The monoisotopic (exact) mass is 240 g/mol. The van der Waals surface area contributed by atoms with Crippen LogP contribution >= 0.6 is 0 Å². The van der Waals surface area contributed by atoms with Gasteiger partial charge >= 0.3 is 0 Å². The first-order chi connectivity index (χ1) is 8.81. The summed E-state index contributed by atoms with van der Waals surface area (Å²) in [5, 5.41) is 2.89. The molecule has 0 bridgehead atoms. The molecule has 0 nitrogen and oxygen atoms in total. The summed E-state index contributed by atoms with van der Waals surface area (Å²) in [6, 6.07) is 11.3. The molecule has 0 aromatic heterocycles. The minimum atomic E-state index is 1.15. The maximum absolute atomic E-state index is 2.40. The molecule has 0 heteroatoms. The lowest BCUT2D eigenvalue weighted by Crippen LogP contribution is -2.01. The van der Waals surface area contributed by atoms with Gasteiger partial charge in [-0.2, -0.15) is 0 Å². The Labute approximate surface area is 111 Å². The molecule has 18 heavy (non-hydrogen) atoms. The number of hydrogen-bond acceptors (Lipinski definition) is 0. The quantitative estimate of drug-likeness (QED) is 0.664. The minimum Gasteiger partial charge on any atom is -0.0651 e. The van der Waals surface area contributed by atoms with Gasteiger partial charge in [-0.3, -0.25) is 0 Å². The van der Waals surface area contributed by atoms with E-state index < -0.39 is 0 Å². The van der Waals surface area contributed by atoms with E-state index in [2.05, 4.69) is 51.1 Å². The predicted molar refractivity (Wildman–Crippen MR) is 81.3 cm³/mol. The first-order valence-electron chi connectivity index (χ1n) is 7.34. The Morgan fingerprint density at radius 3 is 2.17 bits per heavy atom. The van der Waals surface area contributed by atoms with Crippen LogP contribution in [0.2, 0.25) is 0 Å². The van der Waals surface area contributed by atoms with E-state index in [4.69, 9.17) is 0 Å². The van der Waals surface area contributed by atoms with E-state index in [1.165, 1.54) is 36.5 Å². The largest absolute Gasteiger partial charge is 0.0651 e. The summed E-state index contributed by atoms with van der Waals surface area (Å²) in [6.07, 6.45) is 6.06. The highest BCUT2D eigenvalue weighted by Gasteiger charge is 2.10. The van der Waals surface area contributed by atoms with Gasteiger partial charge in [-0.25, -0.2) is 0 Å². The van der Waals surface area contributed by atoms with E-state index in [9.17, 15) is 0 Å². The van der Waals surface area contributed by atoms with Crippen molar-refractivity contribution in [3.8, 4) is 0 Å². The molecule has 0 saturated heterocycles. The van der Waals surface area contributed by atoms with E-state index in [0.29, 0.717) is 0 Å². The normalized spacial score (nSPS) is 11.1. The number of benzene rings is 2. The molecule has 0 atom stereocenters. The maximum atomic E-state index is 2.40. The molecule has 0 heterocycles. The van der Waals surface area contributed by atoms with Crippen molar-refractivity contribution in [3.05, 3.63) is 47.0 Å². The van der Waals surface area contributed by atoms with Gasteiger partial charge < -0.3 is 0 Å². The van der Waals surface area contributed by atoms with Gasteiger partial charge in [0.15, 0.2) is 0 Å². The molecule has 0 aliphatic rings. The zero-order chi connectivity index (χ0) is 13.0. The van der Waals surface area contributed by atoms with Gasteiger partial charge in [-0.1, -0.05) is 63.9 Å². The van der Waals surface area contributed by atoms with Gasteiger partial charge in [-0.15, -0.1) is 0 Å². The second kappa shape index (κ2) is 6.04. The molecule has 0 unspecified atom stereocenters. The van der Waals surface area contributed by atoms with Crippen LogP contribution in [0.25, 0.3) is 10.8 Å². The number of hydrogen-bond donors (Lipinski definition) is 0. The average Bonchev–Trinajstić information content (AvgIpc) is 2.41. The summed E-state index contributed by atoms with van der Waals surface area (Å²) >= 11 is 0. The van der Waals surface area contributed by atoms with Gasteiger partial charge in [0.1, 0.15) is 0 Å². The van der Waals surface area contributed by atoms with Crippen LogP contribution in [0.15, 0.2) is 30.3 Å². The van der Waals surface area contributed by atoms with Crippen molar-refractivity contribution in [2.45, 2.75) is 52.9 Å². The van der Waals surface area contributed by atoms with Crippen molar-refractivity contribution >= 4 is 10.8 Å². The van der Waals surface area contributed by atoms with Crippen LogP contribution in [-0.4, -0.2) is 0 Å². The fourth-order valence-electron chi connectivity index (χ4n) is 2.94. The highest BCUT2D eigenvalue weighted by atomic mass is 14.2. The standard InChI is InChI=1S/C18H24/c1-4-9-16-14(6-3)13-15-11-7-8-12-17(15)18(16)10-5-2/h7-8,11-13H,4-6,9-10H2,1-3H3. The zero-order valence-corrected chi connectivity index (χ0v) is 11.9. The van der Waals surface area contributed by atoms with E-state index >= 15 is 0 Å². The Kier molecular flexibility index (Phi) is 4.41. The fraction of sp³-hybridized carbons (Fsp3) is 0.444. The van der Waals surface area contributed by atoms with Crippen molar-refractivity contribution in [3.63, 3.8) is 0 Å². The average molecular weight is 240 g/mol. The van der Waals surface area contributed by atoms with Gasteiger partial charge in [0.2, 0.25) is 0 Å². The second-order valence-corrected chi connectivity index (χ2v) is 5.07. The molecule has 0 aliphatic carbocycles. The minimum absolute atomic E-state index is 1.15. The van der Waals surface area contributed by atoms with Crippen molar-refractivity contribution in [2.24, 2.45) is 0 Å². The van der Waals surface area contributed by atoms with E-state index in [-0.39, 0.29) is 0 Å². The van der Waals surface area contributed by atoms with E-state index in [1.807, 2.05) is 0 Å². The number of aryl methyl sites for hydroxylation is 2. The van der Waals surface area contributed by atoms with Crippen LogP contribution in [0.3, 0.4) is 0 Å².